The molecule has 1 saturated heterocycles. The normalized spacial score (nSPS) is 14.6. The Morgan fingerprint density at radius 1 is 1.16 bits per heavy atom. The highest BCUT2D eigenvalue weighted by molar-refractivity contribution is 6.04. The highest BCUT2D eigenvalue weighted by Crippen LogP contribution is 2.33. The Hall–Kier alpha value is -4.09. The SMILES string of the molecule is Cc1c(OCCN2CCN(C)CC2)cn2ncnc(Oc3ccc(NC(=O)c4cccnc4)cc3F)c12. The maximum atomic E-state index is 14.9. The lowest BCUT2D eigenvalue weighted by molar-refractivity contribution is 0.102. The Labute approximate surface area is 213 Å². The number of aromatic nitrogens is 4. The van der Waals surface area contributed by atoms with E-state index in [4.69, 9.17) is 9.47 Å². The number of benzene rings is 1. The molecule has 0 radical (unpaired) electrons. The van der Waals surface area contributed by atoms with Crippen LogP contribution in [0.1, 0.15) is 15.9 Å². The summed E-state index contributed by atoms with van der Waals surface area (Å²) in [6.45, 7) is 7.44. The number of rotatable bonds is 8. The van der Waals surface area contributed by atoms with E-state index in [0.29, 0.717) is 29.1 Å². The molecule has 4 heterocycles. The largest absolute Gasteiger partial charge is 0.490 e. The number of aryl methyl sites for hydroxylation is 1. The van der Waals surface area contributed by atoms with Crippen LogP contribution in [0.4, 0.5) is 10.1 Å². The molecule has 1 N–H and O–H groups in total. The predicted octanol–water partition coefficient (Wildman–Crippen LogP) is 3.24. The van der Waals surface area contributed by atoms with Gasteiger partial charge in [-0.15, -0.1) is 0 Å². The Balaban J connectivity index is 1.27. The summed E-state index contributed by atoms with van der Waals surface area (Å²) in [7, 11) is 2.13. The fourth-order valence-electron chi connectivity index (χ4n) is 4.15. The van der Waals surface area contributed by atoms with Gasteiger partial charge in [-0.2, -0.15) is 10.1 Å². The Morgan fingerprint density at radius 3 is 2.76 bits per heavy atom. The molecule has 10 nitrogen and oxygen atoms in total. The summed E-state index contributed by atoms with van der Waals surface area (Å²) in [5, 5.41) is 6.90. The van der Waals surface area contributed by atoms with Crippen molar-refractivity contribution in [3.05, 3.63) is 72.2 Å². The molecule has 1 fully saturated rings. The van der Waals surface area contributed by atoms with Crippen LogP contribution in [0.25, 0.3) is 5.52 Å². The highest BCUT2D eigenvalue weighted by atomic mass is 19.1. The van der Waals surface area contributed by atoms with Crippen molar-refractivity contribution in [3.63, 3.8) is 0 Å². The number of hydrogen-bond acceptors (Lipinski definition) is 8. The summed E-state index contributed by atoms with van der Waals surface area (Å²) >= 11 is 0. The van der Waals surface area contributed by atoms with E-state index in [1.54, 1.807) is 35.1 Å². The minimum atomic E-state index is -0.645. The molecule has 1 aliphatic heterocycles. The summed E-state index contributed by atoms with van der Waals surface area (Å²) in [5.41, 5.74) is 2.05. The predicted molar refractivity (Wildman–Crippen MR) is 136 cm³/mol. The number of nitrogens with one attached hydrogen (secondary N) is 1. The quantitative estimate of drug-likeness (QED) is 0.390. The first-order valence-corrected chi connectivity index (χ1v) is 12.0. The molecule has 0 spiro atoms. The monoisotopic (exact) mass is 505 g/mol. The summed E-state index contributed by atoms with van der Waals surface area (Å²) in [4.78, 5) is 25.2. The molecule has 4 aromatic rings. The molecule has 0 bridgehead atoms. The molecular weight excluding hydrogens is 477 g/mol. The van der Waals surface area contributed by atoms with E-state index >= 15 is 0 Å². The van der Waals surface area contributed by atoms with Gasteiger partial charge in [-0.25, -0.2) is 8.91 Å². The lowest BCUT2D eigenvalue weighted by Gasteiger charge is -2.32. The van der Waals surface area contributed by atoms with Crippen molar-refractivity contribution in [1.82, 2.24) is 29.4 Å². The van der Waals surface area contributed by atoms with Crippen molar-refractivity contribution in [2.24, 2.45) is 0 Å². The van der Waals surface area contributed by atoms with E-state index in [0.717, 1.165) is 38.3 Å². The molecule has 1 amide bonds. The van der Waals surface area contributed by atoms with Gasteiger partial charge in [0.1, 0.15) is 24.2 Å². The van der Waals surface area contributed by atoms with E-state index in [9.17, 15) is 9.18 Å². The van der Waals surface area contributed by atoms with Gasteiger partial charge in [-0.1, -0.05) is 0 Å². The van der Waals surface area contributed by atoms with Gasteiger partial charge in [0.2, 0.25) is 5.88 Å². The Kier molecular flexibility index (Phi) is 7.24. The molecule has 5 rings (SSSR count). The topological polar surface area (TPSA) is 97.1 Å². The minimum absolute atomic E-state index is 0.0295. The average molecular weight is 506 g/mol. The van der Waals surface area contributed by atoms with Gasteiger partial charge in [0.05, 0.1) is 11.8 Å². The molecule has 3 aromatic heterocycles. The molecule has 37 heavy (non-hydrogen) atoms. The molecule has 0 aliphatic carbocycles. The number of hydrogen-bond donors (Lipinski definition) is 1. The number of amides is 1. The molecule has 0 atom stereocenters. The lowest BCUT2D eigenvalue weighted by atomic mass is 10.2. The maximum absolute atomic E-state index is 14.9. The van der Waals surface area contributed by atoms with Crippen molar-refractivity contribution in [3.8, 4) is 17.4 Å². The number of nitrogens with zero attached hydrogens (tertiary/aromatic N) is 6. The minimum Gasteiger partial charge on any atom is -0.490 e. The van der Waals surface area contributed by atoms with E-state index in [-0.39, 0.29) is 17.5 Å². The standard InChI is InChI=1S/C26H28FN7O3/c1-18-23(36-13-12-33-10-8-32(2)9-11-33)16-34-24(18)26(29-17-30-34)37-22-6-5-20(14-21(22)27)31-25(35)19-4-3-7-28-15-19/h3-7,14-17H,8-13H2,1-2H3,(H,31,35). The third kappa shape index (κ3) is 5.68. The number of anilines is 1. The van der Waals surface area contributed by atoms with Crippen LogP contribution in [0.15, 0.2) is 55.2 Å². The van der Waals surface area contributed by atoms with Gasteiger partial charge in [0.15, 0.2) is 11.6 Å². The first-order chi connectivity index (χ1) is 18.0. The number of halogens is 1. The molecule has 1 aromatic carbocycles. The van der Waals surface area contributed by atoms with Crippen molar-refractivity contribution in [1.29, 1.82) is 0 Å². The van der Waals surface area contributed by atoms with Crippen LogP contribution in [-0.4, -0.2) is 81.7 Å². The van der Waals surface area contributed by atoms with Crippen LogP contribution in [0.3, 0.4) is 0 Å². The second-order valence-corrected chi connectivity index (χ2v) is 8.91. The Bertz CT molecular complexity index is 1390. The van der Waals surface area contributed by atoms with Crippen LogP contribution >= 0.6 is 0 Å². The van der Waals surface area contributed by atoms with Crippen molar-refractivity contribution in [2.45, 2.75) is 6.92 Å². The third-order valence-corrected chi connectivity index (χ3v) is 6.33. The highest BCUT2D eigenvalue weighted by Gasteiger charge is 2.18. The van der Waals surface area contributed by atoms with E-state index < -0.39 is 5.82 Å². The molecule has 192 valence electrons. The smallest absolute Gasteiger partial charge is 0.257 e. The van der Waals surface area contributed by atoms with Gasteiger partial charge >= 0.3 is 0 Å². The molecular formula is C26H28FN7O3. The number of fused-ring (bicyclic) bond motifs is 1. The van der Waals surface area contributed by atoms with E-state index in [1.165, 1.54) is 24.7 Å². The van der Waals surface area contributed by atoms with Gasteiger partial charge in [-0.3, -0.25) is 14.7 Å². The van der Waals surface area contributed by atoms with Crippen LogP contribution in [0.5, 0.6) is 17.4 Å². The van der Waals surface area contributed by atoms with Crippen LogP contribution < -0.4 is 14.8 Å². The van der Waals surface area contributed by atoms with Gasteiger partial charge in [-0.05, 0) is 38.2 Å². The average Bonchev–Trinajstić information content (AvgIpc) is 3.23. The molecule has 0 unspecified atom stereocenters. The number of pyridine rings is 1. The number of likely N-dealkylation sites (N-methyl/N-ethyl adjacent to an activating group) is 1. The van der Waals surface area contributed by atoms with Crippen LogP contribution in [-0.2, 0) is 0 Å². The second-order valence-electron chi connectivity index (χ2n) is 8.91. The fraction of sp³-hybridized carbons (Fsp3) is 0.308. The lowest BCUT2D eigenvalue weighted by Crippen LogP contribution is -2.45. The zero-order valence-electron chi connectivity index (χ0n) is 20.7. The van der Waals surface area contributed by atoms with Crippen LogP contribution in [0, 0.1) is 12.7 Å². The Morgan fingerprint density at radius 2 is 2.00 bits per heavy atom. The summed E-state index contributed by atoms with van der Waals surface area (Å²) in [6, 6.07) is 7.48. The van der Waals surface area contributed by atoms with Crippen molar-refractivity contribution >= 4 is 17.1 Å². The van der Waals surface area contributed by atoms with Gasteiger partial charge in [0, 0.05) is 62.4 Å². The first-order valence-electron chi connectivity index (χ1n) is 12.0. The van der Waals surface area contributed by atoms with Gasteiger partial charge < -0.3 is 19.7 Å². The zero-order chi connectivity index (χ0) is 25.8. The number of piperazine rings is 1. The van der Waals surface area contributed by atoms with Crippen molar-refractivity contribution in [2.75, 3.05) is 51.7 Å². The second kappa shape index (κ2) is 10.9. The van der Waals surface area contributed by atoms with Crippen LogP contribution in [0.2, 0.25) is 0 Å². The number of carbonyl (C=O) groups excluding carboxylic acids is 1. The zero-order valence-corrected chi connectivity index (χ0v) is 20.7. The third-order valence-electron chi connectivity index (χ3n) is 6.33. The maximum Gasteiger partial charge on any atom is 0.257 e. The number of carbonyl (C=O) groups is 1. The molecule has 1 aliphatic rings. The first kappa shape index (κ1) is 24.6. The molecule has 11 heteroatoms. The summed E-state index contributed by atoms with van der Waals surface area (Å²) in [5.74, 6) is -0.185. The van der Waals surface area contributed by atoms with Crippen molar-refractivity contribution < 1.29 is 18.7 Å². The number of ether oxygens (including phenoxy) is 2. The fourth-order valence-corrected chi connectivity index (χ4v) is 4.15. The summed E-state index contributed by atoms with van der Waals surface area (Å²) < 4.78 is 28.4. The van der Waals surface area contributed by atoms with Gasteiger partial charge in [0.25, 0.3) is 5.91 Å². The van der Waals surface area contributed by atoms with E-state index in [2.05, 4.69) is 37.2 Å². The van der Waals surface area contributed by atoms with E-state index in [1.807, 2.05) is 6.92 Å². The molecule has 0 saturated carbocycles. The summed E-state index contributed by atoms with van der Waals surface area (Å²) in [6.07, 6.45) is 6.13.